The van der Waals surface area contributed by atoms with Crippen molar-refractivity contribution < 1.29 is 23.5 Å². The first-order chi connectivity index (χ1) is 13.9. The molecule has 1 aromatic carbocycles. The summed E-state index contributed by atoms with van der Waals surface area (Å²) >= 11 is 0. The summed E-state index contributed by atoms with van der Waals surface area (Å²) < 4.78 is 11.7. The van der Waals surface area contributed by atoms with Crippen LogP contribution in [0.3, 0.4) is 0 Å². The number of hydrogen-bond donors (Lipinski definition) is 0. The van der Waals surface area contributed by atoms with Crippen molar-refractivity contribution >= 4 is 26.5 Å². The first kappa shape index (κ1) is 24.3. The summed E-state index contributed by atoms with van der Waals surface area (Å²) in [6.07, 6.45) is 0.522. The second kappa shape index (κ2) is 9.43. The summed E-state index contributed by atoms with van der Waals surface area (Å²) in [4.78, 5) is 38.2. The van der Waals surface area contributed by atoms with Gasteiger partial charge in [0.15, 0.2) is 8.32 Å². The van der Waals surface area contributed by atoms with E-state index in [1.807, 2.05) is 37.3 Å². The Hall–Kier alpha value is -1.99. The highest BCUT2D eigenvalue weighted by Gasteiger charge is 2.54. The maximum Gasteiger partial charge on any atom is 0.325 e. The normalized spacial score (nSPS) is 21.6. The Morgan fingerprint density at radius 3 is 2.33 bits per heavy atom. The molecule has 0 spiro atoms. The number of esters is 1. The third kappa shape index (κ3) is 5.37. The van der Waals surface area contributed by atoms with E-state index in [2.05, 4.69) is 33.9 Å². The Kier molecular flexibility index (Phi) is 7.63. The second-order valence-corrected chi connectivity index (χ2v) is 14.5. The van der Waals surface area contributed by atoms with Gasteiger partial charge in [0.05, 0.1) is 18.1 Å². The molecule has 0 aromatic heterocycles. The van der Waals surface area contributed by atoms with Crippen LogP contribution >= 0.6 is 0 Å². The zero-order valence-electron chi connectivity index (χ0n) is 19.2. The van der Waals surface area contributed by atoms with Gasteiger partial charge in [0, 0.05) is 5.92 Å². The van der Waals surface area contributed by atoms with Gasteiger partial charge in [-0.3, -0.25) is 9.59 Å². The molecule has 0 bridgehead atoms. The van der Waals surface area contributed by atoms with Crippen LogP contribution in [0.5, 0.6) is 0 Å². The Bertz CT molecular complexity index is 759. The van der Waals surface area contributed by atoms with E-state index >= 15 is 0 Å². The molecule has 7 heteroatoms. The fourth-order valence-electron chi connectivity index (χ4n) is 3.59. The molecule has 1 fully saturated rings. The number of rotatable bonds is 9. The third-order valence-corrected chi connectivity index (χ3v) is 11.0. The average Bonchev–Trinajstić information content (AvgIpc) is 2.67. The molecule has 30 heavy (non-hydrogen) atoms. The lowest BCUT2D eigenvalue weighted by molar-refractivity contribution is -0.174. The van der Waals surface area contributed by atoms with Crippen molar-refractivity contribution in [1.82, 2.24) is 4.90 Å². The Labute approximate surface area is 181 Å². The number of ether oxygens (including phenoxy) is 1. The molecule has 1 aliphatic rings. The quantitative estimate of drug-likeness (QED) is 0.256. The average molecular weight is 434 g/mol. The Balaban J connectivity index is 2.04. The van der Waals surface area contributed by atoms with Gasteiger partial charge >= 0.3 is 5.97 Å². The van der Waals surface area contributed by atoms with E-state index in [1.165, 1.54) is 4.90 Å². The number of hydrogen-bond acceptors (Lipinski definition) is 5. The van der Waals surface area contributed by atoms with Crippen LogP contribution in [0.25, 0.3) is 0 Å². The monoisotopic (exact) mass is 433 g/mol. The van der Waals surface area contributed by atoms with Gasteiger partial charge in [-0.25, -0.2) is 0 Å². The zero-order chi connectivity index (χ0) is 22.7. The van der Waals surface area contributed by atoms with Crippen LogP contribution in [0.15, 0.2) is 30.3 Å². The first-order valence-electron chi connectivity index (χ1n) is 10.5. The van der Waals surface area contributed by atoms with Crippen LogP contribution in [-0.4, -0.2) is 50.1 Å². The molecule has 166 valence electrons. The van der Waals surface area contributed by atoms with Crippen molar-refractivity contribution in [1.29, 1.82) is 0 Å². The van der Waals surface area contributed by atoms with Gasteiger partial charge in [-0.2, -0.15) is 0 Å². The van der Waals surface area contributed by atoms with Gasteiger partial charge in [0.25, 0.3) is 0 Å². The molecule has 1 aromatic rings. The van der Waals surface area contributed by atoms with Crippen molar-refractivity contribution in [2.75, 3.05) is 6.54 Å². The highest BCUT2D eigenvalue weighted by atomic mass is 28.4. The minimum absolute atomic E-state index is 0.0146. The number of aldehydes is 1. The minimum atomic E-state index is -2.07. The third-order valence-electron chi connectivity index (χ3n) is 6.38. The van der Waals surface area contributed by atoms with Gasteiger partial charge in [0.1, 0.15) is 19.4 Å². The summed E-state index contributed by atoms with van der Waals surface area (Å²) in [7, 11) is -2.07. The Morgan fingerprint density at radius 1 is 1.20 bits per heavy atom. The van der Waals surface area contributed by atoms with Crippen molar-refractivity contribution in [3.8, 4) is 0 Å². The molecule has 2 rings (SSSR count). The van der Waals surface area contributed by atoms with E-state index in [0.29, 0.717) is 0 Å². The lowest BCUT2D eigenvalue weighted by Gasteiger charge is -2.52. The maximum absolute atomic E-state index is 12.9. The molecule has 0 radical (unpaired) electrons. The van der Waals surface area contributed by atoms with E-state index in [4.69, 9.17) is 9.16 Å². The predicted molar refractivity (Wildman–Crippen MR) is 118 cm³/mol. The molecule has 4 atom stereocenters. The lowest BCUT2D eigenvalue weighted by atomic mass is 9.77. The van der Waals surface area contributed by atoms with Crippen LogP contribution in [-0.2, 0) is 30.2 Å². The highest BCUT2D eigenvalue weighted by Crippen LogP contribution is 2.41. The molecule has 6 nitrogen and oxygen atoms in total. The van der Waals surface area contributed by atoms with Crippen LogP contribution in [0, 0.1) is 11.8 Å². The molecule has 1 aliphatic heterocycles. The first-order valence-corrected chi connectivity index (χ1v) is 13.4. The summed E-state index contributed by atoms with van der Waals surface area (Å²) in [6.45, 7) is 14.4. The number of nitrogens with zero attached hydrogens (tertiary/aromatic N) is 1. The molecular formula is C23H35NO5Si. The van der Waals surface area contributed by atoms with Gasteiger partial charge in [0.2, 0.25) is 5.91 Å². The number of benzene rings is 1. The smallest absolute Gasteiger partial charge is 0.325 e. The number of amides is 1. The molecular weight excluding hydrogens is 398 g/mol. The van der Waals surface area contributed by atoms with Crippen molar-refractivity contribution in [3.63, 3.8) is 0 Å². The van der Waals surface area contributed by atoms with E-state index in [1.54, 1.807) is 6.92 Å². The maximum atomic E-state index is 12.9. The van der Waals surface area contributed by atoms with Gasteiger partial charge in [-0.1, -0.05) is 58.0 Å². The topological polar surface area (TPSA) is 72.9 Å². The van der Waals surface area contributed by atoms with Crippen LogP contribution in [0.1, 0.15) is 40.2 Å². The van der Waals surface area contributed by atoms with Crippen LogP contribution in [0.4, 0.5) is 0 Å². The van der Waals surface area contributed by atoms with Crippen molar-refractivity contribution in [3.05, 3.63) is 35.9 Å². The van der Waals surface area contributed by atoms with Gasteiger partial charge in [-0.15, -0.1) is 0 Å². The molecule has 1 saturated heterocycles. The van der Waals surface area contributed by atoms with E-state index in [-0.39, 0.29) is 42.2 Å². The standard InChI is InChI=1S/C23H35NO5Si/c1-16(14-25)21-20(17(2)29-30(6,7)23(3,4)5)22(27)24(21)13-19(26)28-15-18-11-9-8-10-12-18/h8-12,14,16-17,20-21H,13,15H2,1-7H3/t16-,17-,20-,21-/m1/s1. The number of carbonyl (C=O) groups excluding carboxylic acids is 3. The van der Waals surface area contributed by atoms with Crippen LogP contribution in [0.2, 0.25) is 18.1 Å². The molecule has 0 unspecified atom stereocenters. The molecule has 1 amide bonds. The van der Waals surface area contributed by atoms with E-state index in [9.17, 15) is 14.4 Å². The van der Waals surface area contributed by atoms with Crippen LogP contribution < -0.4 is 0 Å². The van der Waals surface area contributed by atoms with Gasteiger partial charge < -0.3 is 18.9 Å². The Morgan fingerprint density at radius 2 is 1.80 bits per heavy atom. The summed E-state index contributed by atoms with van der Waals surface area (Å²) in [5, 5.41) is 0.0146. The highest BCUT2D eigenvalue weighted by molar-refractivity contribution is 6.74. The molecule has 0 N–H and O–H groups in total. The second-order valence-electron chi connectivity index (χ2n) is 9.71. The van der Waals surface area contributed by atoms with Crippen molar-refractivity contribution in [2.45, 2.75) is 71.5 Å². The minimum Gasteiger partial charge on any atom is -0.459 e. The summed E-state index contributed by atoms with van der Waals surface area (Å²) in [5.74, 6) is -1.45. The van der Waals surface area contributed by atoms with Gasteiger partial charge in [-0.05, 0) is 30.6 Å². The fraction of sp³-hybridized carbons (Fsp3) is 0.609. The zero-order valence-corrected chi connectivity index (χ0v) is 20.2. The lowest BCUT2D eigenvalue weighted by Crippen LogP contribution is -2.68. The SMILES string of the molecule is C[C@H](C=O)[C@@H]1[C@@H]([C@@H](C)O[Si](C)(C)C(C)(C)C)C(=O)N1CC(=O)OCc1ccccc1. The number of β-lactam (4-membered cyclic amide) rings is 1. The molecule has 1 heterocycles. The van der Waals surface area contributed by atoms with E-state index < -0.39 is 20.2 Å². The van der Waals surface area contributed by atoms with Crippen molar-refractivity contribution in [2.24, 2.45) is 11.8 Å². The fourth-order valence-corrected chi connectivity index (χ4v) is 5.02. The summed E-state index contributed by atoms with van der Waals surface area (Å²) in [5.41, 5.74) is 0.882. The molecule has 0 saturated carbocycles. The predicted octanol–water partition coefficient (Wildman–Crippen LogP) is 3.80. The largest absolute Gasteiger partial charge is 0.459 e. The molecule has 0 aliphatic carbocycles. The van der Waals surface area contributed by atoms with E-state index in [0.717, 1.165) is 11.8 Å². The summed E-state index contributed by atoms with van der Waals surface area (Å²) in [6, 6.07) is 9.02. The number of likely N-dealkylation sites (tertiary alicyclic amines) is 1. The number of carbonyl (C=O) groups is 3.